The summed E-state index contributed by atoms with van der Waals surface area (Å²) in [6, 6.07) is 4.11. The minimum absolute atomic E-state index is 0.0144. The minimum Gasteiger partial charge on any atom is -0.326 e. The van der Waals surface area contributed by atoms with E-state index in [1.54, 1.807) is 0 Å². The number of sulfonamides is 1. The molecule has 2 N–H and O–H groups in total. The number of nitrogens with zero attached hydrogens (tertiary/aromatic N) is 1. The van der Waals surface area contributed by atoms with Crippen LogP contribution in [0.25, 0.3) is 0 Å². The molecule has 1 aromatic rings. The molecule has 1 heterocycles. The summed E-state index contributed by atoms with van der Waals surface area (Å²) in [5, 5.41) is 0. The molecule has 0 saturated carbocycles. The lowest BCUT2D eigenvalue weighted by molar-refractivity contribution is 0.363. The minimum atomic E-state index is -3.65. The first kappa shape index (κ1) is 15.4. The van der Waals surface area contributed by atoms with Gasteiger partial charge < -0.3 is 5.73 Å². The van der Waals surface area contributed by atoms with Crippen LogP contribution in [0, 0.1) is 5.82 Å². The van der Waals surface area contributed by atoms with Crippen LogP contribution < -0.4 is 5.73 Å². The molecule has 4 nitrogen and oxygen atoms in total. The molecule has 0 atom stereocenters. The maximum Gasteiger partial charge on any atom is 0.243 e. The lowest BCUT2D eigenvalue weighted by Crippen LogP contribution is -2.34. The fraction of sp³-hybridized carbons (Fsp3) is 0.571. The van der Waals surface area contributed by atoms with E-state index in [0.717, 1.165) is 32.1 Å². The van der Waals surface area contributed by atoms with Gasteiger partial charge in [-0.15, -0.1) is 0 Å². The molecule has 1 fully saturated rings. The molecule has 1 saturated heterocycles. The third-order valence-electron chi connectivity index (χ3n) is 3.71. The Kier molecular flexibility index (Phi) is 5.12. The van der Waals surface area contributed by atoms with Crippen LogP contribution in [-0.2, 0) is 16.6 Å². The summed E-state index contributed by atoms with van der Waals surface area (Å²) in [7, 11) is -3.65. The molecule has 1 aromatic carbocycles. The van der Waals surface area contributed by atoms with E-state index in [1.807, 2.05) is 0 Å². The van der Waals surface area contributed by atoms with Crippen molar-refractivity contribution < 1.29 is 12.8 Å². The monoisotopic (exact) mass is 300 g/mol. The lowest BCUT2D eigenvalue weighted by atomic mass is 10.1. The Morgan fingerprint density at radius 1 is 1.10 bits per heavy atom. The molecule has 0 unspecified atom stereocenters. The van der Waals surface area contributed by atoms with Crippen LogP contribution in [0.3, 0.4) is 0 Å². The molecular weight excluding hydrogens is 279 g/mol. The molecule has 20 heavy (non-hydrogen) atoms. The summed E-state index contributed by atoms with van der Waals surface area (Å²) in [6.45, 7) is 0.890. The van der Waals surface area contributed by atoms with Crippen LogP contribution in [-0.4, -0.2) is 25.8 Å². The molecule has 0 spiro atoms. The largest absolute Gasteiger partial charge is 0.326 e. The maximum atomic E-state index is 13.7. The average molecular weight is 300 g/mol. The van der Waals surface area contributed by atoms with Gasteiger partial charge in [-0.2, -0.15) is 4.31 Å². The maximum absolute atomic E-state index is 13.7. The number of hydrogen-bond acceptors (Lipinski definition) is 3. The molecular formula is C14H21FN2O2S. The predicted molar refractivity (Wildman–Crippen MR) is 76.1 cm³/mol. The molecule has 0 bridgehead atoms. The highest BCUT2D eigenvalue weighted by molar-refractivity contribution is 7.89. The molecule has 1 aliphatic rings. The van der Waals surface area contributed by atoms with Gasteiger partial charge in [-0.3, -0.25) is 0 Å². The third kappa shape index (κ3) is 3.19. The molecule has 2 rings (SSSR count). The predicted octanol–water partition coefficient (Wildman–Crippen LogP) is 2.24. The summed E-state index contributed by atoms with van der Waals surface area (Å²) >= 11 is 0. The van der Waals surface area contributed by atoms with Crippen molar-refractivity contribution in [2.75, 3.05) is 13.1 Å². The molecule has 112 valence electrons. The van der Waals surface area contributed by atoms with Crippen molar-refractivity contribution in [1.82, 2.24) is 4.31 Å². The van der Waals surface area contributed by atoms with Gasteiger partial charge in [-0.1, -0.05) is 25.3 Å². The Bertz CT molecular complexity index is 552. The number of halogens is 1. The topological polar surface area (TPSA) is 63.4 Å². The van der Waals surface area contributed by atoms with Gasteiger partial charge in [-0.25, -0.2) is 12.8 Å². The van der Waals surface area contributed by atoms with Crippen LogP contribution >= 0.6 is 0 Å². The number of hydrogen-bond donors (Lipinski definition) is 1. The van der Waals surface area contributed by atoms with Crippen molar-refractivity contribution in [2.24, 2.45) is 5.73 Å². The molecule has 0 amide bonds. The van der Waals surface area contributed by atoms with E-state index in [4.69, 9.17) is 5.73 Å². The van der Waals surface area contributed by atoms with Crippen molar-refractivity contribution in [3.05, 3.63) is 29.6 Å². The van der Waals surface area contributed by atoms with Gasteiger partial charge in [0.2, 0.25) is 10.0 Å². The summed E-state index contributed by atoms with van der Waals surface area (Å²) in [5.41, 5.74) is 5.59. The van der Waals surface area contributed by atoms with Crippen LogP contribution in [0.2, 0.25) is 0 Å². The Morgan fingerprint density at radius 2 is 1.70 bits per heavy atom. The van der Waals surface area contributed by atoms with E-state index in [2.05, 4.69) is 0 Å². The second kappa shape index (κ2) is 6.65. The first-order valence-electron chi connectivity index (χ1n) is 7.05. The van der Waals surface area contributed by atoms with Gasteiger partial charge in [0.05, 0.1) is 4.90 Å². The normalized spacial score (nSPS) is 18.5. The van der Waals surface area contributed by atoms with Gasteiger partial charge in [0.15, 0.2) is 0 Å². The van der Waals surface area contributed by atoms with Crippen LogP contribution in [0.4, 0.5) is 4.39 Å². The van der Waals surface area contributed by atoms with Gasteiger partial charge in [0.25, 0.3) is 0 Å². The van der Waals surface area contributed by atoms with Crippen LogP contribution in [0.1, 0.15) is 37.7 Å². The van der Waals surface area contributed by atoms with Crippen LogP contribution in [0.15, 0.2) is 23.1 Å². The van der Waals surface area contributed by atoms with Gasteiger partial charge in [0.1, 0.15) is 5.82 Å². The molecule has 0 aromatic heterocycles. The zero-order valence-electron chi connectivity index (χ0n) is 11.5. The van der Waals surface area contributed by atoms with Gasteiger partial charge in [0, 0.05) is 25.2 Å². The van der Waals surface area contributed by atoms with Gasteiger partial charge >= 0.3 is 0 Å². The Morgan fingerprint density at radius 3 is 2.30 bits per heavy atom. The second-order valence-corrected chi connectivity index (χ2v) is 7.00. The molecule has 0 aliphatic carbocycles. The fourth-order valence-electron chi connectivity index (χ4n) is 2.58. The van der Waals surface area contributed by atoms with E-state index in [0.29, 0.717) is 13.1 Å². The smallest absolute Gasteiger partial charge is 0.243 e. The summed E-state index contributed by atoms with van der Waals surface area (Å²) < 4.78 is 40.6. The Hall–Kier alpha value is -0.980. The van der Waals surface area contributed by atoms with Crippen LogP contribution in [0.5, 0.6) is 0 Å². The van der Waals surface area contributed by atoms with Crippen molar-refractivity contribution in [2.45, 2.75) is 43.5 Å². The van der Waals surface area contributed by atoms with Gasteiger partial charge in [-0.05, 0) is 25.0 Å². The third-order valence-corrected chi connectivity index (χ3v) is 5.70. The van der Waals surface area contributed by atoms with E-state index in [1.165, 1.54) is 22.5 Å². The SMILES string of the molecule is NCc1c(F)cccc1S(=O)(=O)N1CCCCCCC1. The van der Waals surface area contributed by atoms with E-state index in [9.17, 15) is 12.8 Å². The zero-order valence-corrected chi connectivity index (χ0v) is 12.3. The van der Waals surface area contributed by atoms with Crippen molar-refractivity contribution in [3.63, 3.8) is 0 Å². The zero-order chi connectivity index (χ0) is 14.6. The van der Waals surface area contributed by atoms with Crippen molar-refractivity contribution >= 4 is 10.0 Å². The molecule has 0 radical (unpaired) electrons. The van der Waals surface area contributed by atoms with E-state index in [-0.39, 0.29) is 17.0 Å². The fourth-order valence-corrected chi connectivity index (χ4v) is 4.34. The quantitative estimate of drug-likeness (QED) is 0.931. The first-order valence-corrected chi connectivity index (χ1v) is 8.49. The van der Waals surface area contributed by atoms with E-state index < -0.39 is 15.8 Å². The second-order valence-electron chi connectivity index (χ2n) is 5.09. The summed E-state index contributed by atoms with van der Waals surface area (Å²) in [5.74, 6) is -0.555. The number of rotatable bonds is 3. The molecule has 6 heteroatoms. The average Bonchev–Trinajstić information content (AvgIpc) is 2.37. The first-order chi connectivity index (χ1) is 9.57. The van der Waals surface area contributed by atoms with Crippen molar-refractivity contribution in [3.8, 4) is 0 Å². The number of benzene rings is 1. The molecule has 1 aliphatic heterocycles. The highest BCUT2D eigenvalue weighted by Crippen LogP contribution is 2.24. The highest BCUT2D eigenvalue weighted by atomic mass is 32.2. The Labute approximate surface area is 119 Å². The summed E-state index contributed by atoms with van der Waals surface area (Å²) in [4.78, 5) is 0.0144. The van der Waals surface area contributed by atoms with E-state index >= 15 is 0 Å². The lowest BCUT2D eigenvalue weighted by Gasteiger charge is -2.25. The summed E-state index contributed by atoms with van der Waals surface area (Å²) in [6.07, 6.45) is 4.94. The number of nitrogens with two attached hydrogens (primary N) is 1. The standard InChI is InChI=1S/C14H21FN2O2S/c15-13-7-6-8-14(12(13)11-16)20(18,19)17-9-4-2-1-3-5-10-17/h6-8H,1-5,9-11,16H2. The highest BCUT2D eigenvalue weighted by Gasteiger charge is 2.27. The Balaban J connectivity index is 2.36. The van der Waals surface area contributed by atoms with Crippen molar-refractivity contribution in [1.29, 1.82) is 0 Å².